The molecule has 3 heterocycles. The van der Waals surface area contributed by atoms with Gasteiger partial charge in [-0.15, -0.1) is 0 Å². The molecule has 2 saturated heterocycles. The van der Waals surface area contributed by atoms with Gasteiger partial charge in [-0.2, -0.15) is 18.3 Å². The minimum absolute atomic E-state index is 0.0275. The van der Waals surface area contributed by atoms with Gasteiger partial charge in [0, 0.05) is 38.4 Å². The second-order valence-corrected chi connectivity index (χ2v) is 8.33. The summed E-state index contributed by atoms with van der Waals surface area (Å²) >= 11 is 0. The van der Waals surface area contributed by atoms with Crippen molar-refractivity contribution in [2.45, 2.75) is 44.8 Å². The number of aliphatic carboxylic acids is 1. The Morgan fingerprint density at radius 1 is 1.24 bits per heavy atom. The molecule has 1 aliphatic carbocycles. The number of aromatic nitrogens is 2. The molecule has 1 spiro atoms. The van der Waals surface area contributed by atoms with E-state index in [1.165, 1.54) is 18.4 Å². The Morgan fingerprint density at radius 2 is 1.83 bits per heavy atom. The van der Waals surface area contributed by atoms with E-state index in [-0.39, 0.29) is 5.41 Å². The average molecular weight is 416 g/mol. The summed E-state index contributed by atoms with van der Waals surface area (Å²) in [5, 5.41) is 11.4. The Hall–Kier alpha value is -2.10. The first-order chi connectivity index (χ1) is 13.6. The lowest BCUT2D eigenvalue weighted by molar-refractivity contribution is -0.192. The van der Waals surface area contributed by atoms with E-state index in [2.05, 4.69) is 21.1 Å². The zero-order chi connectivity index (χ0) is 21.2. The van der Waals surface area contributed by atoms with Gasteiger partial charge in [0.1, 0.15) is 0 Å². The van der Waals surface area contributed by atoms with Crippen LogP contribution < -0.4 is 0 Å². The van der Waals surface area contributed by atoms with E-state index >= 15 is 0 Å². The molecule has 0 unspecified atom stereocenters. The van der Waals surface area contributed by atoms with Crippen molar-refractivity contribution in [3.63, 3.8) is 0 Å². The Bertz CT molecular complexity index is 737. The van der Waals surface area contributed by atoms with Crippen molar-refractivity contribution in [3.8, 4) is 0 Å². The van der Waals surface area contributed by atoms with Crippen LogP contribution in [0.3, 0.4) is 0 Å². The van der Waals surface area contributed by atoms with E-state index in [0.29, 0.717) is 5.91 Å². The van der Waals surface area contributed by atoms with E-state index in [9.17, 15) is 18.0 Å². The van der Waals surface area contributed by atoms with Crippen molar-refractivity contribution in [1.29, 1.82) is 0 Å². The van der Waals surface area contributed by atoms with Crippen LogP contribution in [0.1, 0.15) is 37.7 Å². The number of hydrogen-bond donors (Lipinski definition) is 1. The van der Waals surface area contributed by atoms with E-state index in [4.69, 9.17) is 9.90 Å². The van der Waals surface area contributed by atoms with E-state index in [1.807, 2.05) is 17.9 Å². The van der Waals surface area contributed by atoms with E-state index in [0.717, 1.165) is 57.9 Å². The second kappa shape index (κ2) is 8.33. The van der Waals surface area contributed by atoms with Crippen LogP contribution in [0.4, 0.5) is 13.2 Å². The topological polar surface area (TPSA) is 78.7 Å². The second-order valence-electron chi connectivity index (χ2n) is 8.33. The van der Waals surface area contributed by atoms with E-state index < -0.39 is 12.1 Å². The van der Waals surface area contributed by atoms with Gasteiger partial charge in [0.2, 0.25) is 5.91 Å². The number of carbonyl (C=O) groups is 2. The average Bonchev–Trinajstić information content (AvgIpc) is 3.31. The molecule has 1 N–H and O–H groups in total. The minimum Gasteiger partial charge on any atom is -0.475 e. The van der Waals surface area contributed by atoms with Gasteiger partial charge in [-0.1, -0.05) is 0 Å². The summed E-state index contributed by atoms with van der Waals surface area (Å²) in [4.78, 5) is 26.3. The smallest absolute Gasteiger partial charge is 0.475 e. The quantitative estimate of drug-likeness (QED) is 0.815. The van der Waals surface area contributed by atoms with Gasteiger partial charge in [0.05, 0.1) is 11.6 Å². The van der Waals surface area contributed by atoms with Gasteiger partial charge in [-0.3, -0.25) is 14.4 Å². The number of halogens is 3. The largest absolute Gasteiger partial charge is 0.490 e. The molecule has 0 radical (unpaired) electrons. The number of rotatable bonds is 4. The Labute approximate surface area is 167 Å². The Morgan fingerprint density at radius 3 is 2.31 bits per heavy atom. The van der Waals surface area contributed by atoms with Crippen LogP contribution in [0, 0.1) is 11.3 Å². The number of hydrogen-bond acceptors (Lipinski definition) is 4. The lowest BCUT2D eigenvalue weighted by atomic mass is 9.77. The van der Waals surface area contributed by atoms with Crippen LogP contribution in [-0.4, -0.2) is 68.9 Å². The van der Waals surface area contributed by atoms with Crippen LogP contribution in [0.25, 0.3) is 0 Å². The van der Waals surface area contributed by atoms with E-state index in [1.54, 1.807) is 0 Å². The zero-order valence-electron chi connectivity index (χ0n) is 16.5. The third-order valence-corrected chi connectivity index (χ3v) is 6.00. The number of alkyl halides is 3. The number of amides is 1. The number of aryl methyl sites for hydroxylation is 1. The van der Waals surface area contributed by atoms with Crippen molar-refractivity contribution >= 4 is 11.9 Å². The van der Waals surface area contributed by atoms with Crippen molar-refractivity contribution < 1.29 is 27.9 Å². The number of carboxylic acid groups (broad SMARTS) is 1. The summed E-state index contributed by atoms with van der Waals surface area (Å²) in [6.07, 6.45) is 4.76. The molecule has 3 aliphatic rings. The first kappa shape index (κ1) is 21.6. The van der Waals surface area contributed by atoms with Crippen molar-refractivity contribution in [3.05, 3.63) is 18.0 Å². The van der Waals surface area contributed by atoms with Gasteiger partial charge in [0.15, 0.2) is 0 Å². The molecular formula is C19H27F3N4O3. The SMILES string of the molecule is Cn1cc(CN2CCC3(CC2)CCN(CC2CC2)C3=O)cn1.O=C(O)C(F)(F)F. The van der Waals surface area contributed by atoms with Gasteiger partial charge >= 0.3 is 12.1 Å². The fraction of sp³-hybridized carbons (Fsp3) is 0.737. The summed E-state index contributed by atoms with van der Waals surface area (Å²) in [6.45, 7) is 5.07. The maximum absolute atomic E-state index is 12.8. The predicted molar refractivity (Wildman–Crippen MR) is 97.8 cm³/mol. The summed E-state index contributed by atoms with van der Waals surface area (Å²) in [5.41, 5.74) is 1.24. The molecule has 7 nitrogen and oxygen atoms in total. The van der Waals surface area contributed by atoms with Crippen molar-refractivity contribution in [2.24, 2.45) is 18.4 Å². The number of carboxylic acids is 1. The third-order valence-electron chi connectivity index (χ3n) is 6.00. The Balaban J connectivity index is 0.000000298. The highest BCUT2D eigenvalue weighted by Gasteiger charge is 2.48. The van der Waals surface area contributed by atoms with Crippen LogP contribution in [-0.2, 0) is 23.2 Å². The van der Waals surface area contributed by atoms with Crippen LogP contribution in [0.5, 0.6) is 0 Å². The first-order valence-electron chi connectivity index (χ1n) is 9.88. The molecule has 2 aliphatic heterocycles. The summed E-state index contributed by atoms with van der Waals surface area (Å²) < 4.78 is 33.6. The highest BCUT2D eigenvalue weighted by atomic mass is 19.4. The van der Waals surface area contributed by atoms with Crippen molar-refractivity contribution in [1.82, 2.24) is 19.6 Å². The van der Waals surface area contributed by atoms with Crippen LogP contribution in [0.2, 0.25) is 0 Å². The fourth-order valence-electron chi connectivity index (χ4n) is 4.09. The molecule has 0 atom stereocenters. The van der Waals surface area contributed by atoms with Gasteiger partial charge in [-0.25, -0.2) is 4.79 Å². The minimum atomic E-state index is -5.08. The molecular weight excluding hydrogens is 389 g/mol. The molecule has 4 rings (SSSR count). The third kappa shape index (κ3) is 5.49. The molecule has 1 amide bonds. The normalized spacial score (nSPS) is 21.9. The Kier molecular flexibility index (Phi) is 6.21. The molecule has 10 heteroatoms. The van der Waals surface area contributed by atoms with Gasteiger partial charge in [0.25, 0.3) is 0 Å². The van der Waals surface area contributed by atoms with Crippen LogP contribution in [0.15, 0.2) is 12.4 Å². The molecule has 1 aromatic heterocycles. The molecule has 0 aromatic carbocycles. The molecule has 162 valence electrons. The standard InChI is InChI=1S/C17H26N4O.C2HF3O2/c1-19-11-15(10-18-19)12-20-7-4-17(5-8-20)6-9-21(16(17)22)13-14-2-3-14;3-2(4,5)1(6)7/h10-11,14H,2-9,12-13H2,1H3;(H,6,7). The summed E-state index contributed by atoms with van der Waals surface area (Å²) in [6, 6.07) is 0. The van der Waals surface area contributed by atoms with Crippen LogP contribution >= 0.6 is 0 Å². The maximum Gasteiger partial charge on any atom is 0.490 e. The molecule has 0 bridgehead atoms. The van der Waals surface area contributed by atoms with Crippen molar-refractivity contribution in [2.75, 3.05) is 26.2 Å². The molecule has 1 saturated carbocycles. The zero-order valence-corrected chi connectivity index (χ0v) is 16.5. The predicted octanol–water partition coefficient (Wildman–Crippen LogP) is 2.28. The number of likely N-dealkylation sites (tertiary alicyclic amines) is 2. The molecule has 1 aromatic rings. The highest BCUT2D eigenvalue weighted by Crippen LogP contribution is 2.43. The lowest BCUT2D eigenvalue weighted by Gasteiger charge is -2.37. The number of nitrogens with zero attached hydrogens (tertiary/aromatic N) is 4. The van der Waals surface area contributed by atoms with Gasteiger partial charge in [-0.05, 0) is 51.1 Å². The fourth-order valence-corrected chi connectivity index (χ4v) is 4.09. The van der Waals surface area contributed by atoms with Gasteiger partial charge < -0.3 is 10.0 Å². The number of carbonyl (C=O) groups excluding carboxylic acids is 1. The summed E-state index contributed by atoms with van der Waals surface area (Å²) in [5.74, 6) is -1.49. The highest BCUT2D eigenvalue weighted by molar-refractivity contribution is 5.85. The molecule has 29 heavy (non-hydrogen) atoms. The molecule has 3 fully saturated rings. The first-order valence-corrected chi connectivity index (χ1v) is 9.88. The number of piperidine rings is 1. The monoisotopic (exact) mass is 416 g/mol. The maximum atomic E-state index is 12.8. The summed E-state index contributed by atoms with van der Waals surface area (Å²) in [7, 11) is 1.96. The lowest BCUT2D eigenvalue weighted by Crippen LogP contribution is -2.44.